The second-order valence-corrected chi connectivity index (χ2v) is 7.32. The van der Waals surface area contributed by atoms with Gasteiger partial charge in [0.05, 0.1) is 12.7 Å². The van der Waals surface area contributed by atoms with Crippen LogP contribution in [0.2, 0.25) is 0 Å². The lowest BCUT2D eigenvalue weighted by molar-refractivity contribution is 0.0601. The van der Waals surface area contributed by atoms with Gasteiger partial charge in [0.25, 0.3) is 0 Å². The molecule has 0 bridgehead atoms. The summed E-state index contributed by atoms with van der Waals surface area (Å²) in [6.07, 6.45) is 14.9. The monoisotopic (exact) mass is 354 g/mol. The second-order valence-electron chi connectivity index (χ2n) is 7.32. The number of ether oxygens (including phenoxy) is 1. The van der Waals surface area contributed by atoms with Gasteiger partial charge < -0.3 is 4.74 Å². The zero-order valence-electron chi connectivity index (χ0n) is 16.6. The van der Waals surface area contributed by atoms with Gasteiger partial charge in [-0.1, -0.05) is 89.0 Å². The molecular weight excluding hydrogens is 320 g/mol. The van der Waals surface area contributed by atoms with Gasteiger partial charge in [0.15, 0.2) is 0 Å². The lowest BCUT2D eigenvalue weighted by atomic mass is 10.00. The average molecular weight is 355 g/mol. The number of esters is 1. The Kier molecular flexibility index (Phi) is 9.23. The summed E-state index contributed by atoms with van der Waals surface area (Å²) in [6.45, 7) is 2.27. The van der Waals surface area contributed by atoms with Gasteiger partial charge >= 0.3 is 5.97 Å². The Morgan fingerprint density at radius 1 is 0.769 bits per heavy atom. The fraction of sp³-hybridized carbons (Fsp3) is 0.542. The summed E-state index contributed by atoms with van der Waals surface area (Å²) in [5.74, 6) is -0.277. The fourth-order valence-corrected chi connectivity index (χ4v) is 3.51. The molecule has 0 spiro atoms. The summed E-state index contributed by atoms with van der Waals surface area (Å²) in [5.41, 5.74) is 2.00. The number of aryl methyl sites for hydroxylation is 1. The topological polar surface area (TPSA) is 26.3 Å². The summed E-state index contributed by atoms with van der Waals surface area (Å²) >= 11 is 0. The number of fused-ring (bicyclic) bond motifs is 1. The molecule has 2 heteroatoms. The first-order chi connectivity index (χ1) is 12.7. The van der Waals surface area contributed by atoms with Crippen LogP contribution in [0.3, 0.4) is 0 Å². The molecule has 0 aromatic heterocycles. The highest BCUT2D eigenvalue weighted by molar-refractivity contribution is 5.95. The average Bonchev–Trinajstić information content (AvgIpc) is 2.68. The molecule has 2 rings (SSSR count). The van der Waals surface area contributed by atoms with Crippen molar-refractivity contribution >= 4 is 16.7 Å². The summed E-state index contributed by atoms with van der Waals surface area (Å²) in [6, 6.07) is 12.3. The van der Waals surface area contributed by atoms with Crippen molar-refractivity contribution in [1.82, 2.24) is 0 Å². The molecule has 0 aliphatic carbocycles. The first kappa shape index (κ1) is 20.5. The van der Waals surface area contributed by atoms with Crippen LogP contribution >= 0.6 is 0 Å². The second kappa shape index (κ2) is 11.7. The molecule has 0 saturated carbocycles. The van der Waals surface area contributed by atoms with Crippen LogP contribution in [0.4, 0.5) is 0 Å². The quantitative estimate of drug-likeness (QED) is 0.300. The number of rotatable bonds is 12. The van der Waals surface area contributed by atoms with Crippen molar-refractivity contribution in [3.05, 3.63) is 47.5 Å². The van der Waals surface area contributed by atoms with Gasteiger partial charge in [-0.2, -0.15) is 0 Å². The van der Waals surface area contributed by atoms with Gasteiger partial charge in [-0.15, -0.1) is 0 Å². The molecule has 142 valence electrons. The van der Waals surface area contributed by atoms with Gasteiger partial charge in [-0.25, -0.2) is 4.79 Å². The molecule has 0 aliphatic heterocycles. The van der Waals surface area contributed by atoms with Crippen LogP contribution in [-0.4, -0.2) is 13.1 Å². The minimum absolute atomic E-state index is 0.277. The Bertz CT molecular complexity index is 675. The lowest BCUT2D eigenvalue weighted by Gasteiger charge is -2.06. The maximum absolute atomic E-state index is 11.6. The Morgan fingerprint density at radius 3 is 2.00 bits per heavy atom. The van der Waals surface area contributed by atoms with Crippen LogP contribution in [0.5, 0.6) is 0 Å². The third-order valence-corrected chi connectivity index (χ3v) is 5.14. The third kappa shape index (κ3) is 6.82. The fourth-order valence-electron chi connectivity index (χ4n) is 3.51. The van der Waals surface area contributed by atoms with E-state index >= 15 is 0 Å². The van der Waals surface area contributed by atoms with Crippen LogP contribution in [0, 0.1) is 0 Å². The number of hydrogen-bond donors (Lipinski definition) is 0. The number of carbonyl (C=O) groups excluding carboxylic acids is 1. The molecule has 2 aromatic carbocycles. The molecule has 0 heterocycles. The highest BCUT2D eigenvalue weighted by Crippen LogP contribution is 2.20. The summed E-state index contributed by atoms with van der Waals surface area (Å²) in [5, 5.41) is 2.29. The van der Waals surface area contributed by atoms with E-state index in [1.54, 1.807) is 0 Å². The minimum atomic E-state index is -0.277. The zero-order chi connectivity index (χ0) is 18.6. The Balaban J connectivity index is 1.68. The highest BCUT2D eigenvalue weighted by Gasteiger charge is 2.06. The molecule has 0 aliphatic rings. The van der Waals surface area contributed by atoms with E-state index in [4.69, 9.17) is 4.74 Å². The van der Waals surface area contributed by atoms with E-state index in [2.05, 4.69) is 25.1 Å². The number of methoxy groups -OCH3 is 1. The van der Waals surface area contributed by atoms with E-state index < -0.39 is 0 Å². The van der Waals surface area contributed by atoms with E-state index in [1.165, 1.54) is 82.3 Å². The number of hydrogen-bond acceptors (Lipinski definition) is 2. The van der Waals surface area contributed by atoms with Gasteiger partial charge in [0.2, 0.25) is 0 Å². The standard InChI is InChI=1S/C24H34O2/c1-3-4-5-6-7-8-9-10-11-12-13-20-14-15-22-19-23(24(25)26-2)17-16-21(22)18-20/h14-19H,3-13H2,1-2H3. The molecule has 26 heavy (non-hydrogen) atoms. The number of unbranched alkanes of at least 4 members (excludes halogenated alkanes) is 9. The van der Waals surface area contributed by atoms with Crippen molar-refractivity contribution in [2.45, 2.75) is 77.6 Å². The van der Waals surface area contributed by atoms with E-state index in [0.717, 1.165) is 11.8 Å². The molecule has 0 fully saturated rings. The molecule has 0 atom stereocenters. The Hall–Kier alpha value is -1.83. The number of benzene rings is 2. The lowest BCUT2D eigenvalue weighted by Crippen LogP contribution is -2.00. The van der Waals surface area contributed by atoms with E-state index in [0.29, 0.717) is 5.56 Å². The third-order valence-electron chi connectivity index (χ3n) is 5.14. The van der Waals surface area contributed by atoms with Gasteiger partial charge in [0.1, 0.15) is 0 Å². The van der Waals surface area contributed by atoms with E-state index in [1.807, 2.05) is 18.2 Å². The van der Waals surface area contributed by atoms with Gasteiger partial charge in [0, 0.05) is 0 Å². The molecule has 2 aromatic rings. The number of carbonyl (C=O) groups is 1. The van der Waals surface area contributed by atoms with E-state index in [9.17, 15) is 4.79 Å². The maximum Gasteiger partial charge on any atom is 0.337 e. The highest BCUT2D eigenvalue weighted by atomic mass is 16.5. The predicted molar refractivity (Wildman–Crippen MR) is 111 cm³/mol. The maximum atomic E-state index is 11.6. The largest absolute Gasteiger partial charge is 0.465 e. The van der Waals surface area contributed by atoms with Crippen LogP contribution in [-0.2, 0) is 11.2 Å². The van der Waals surface area contributed by atoms with Crippen LogP contribution in [0.15, 0.2) is 36.4 Å². The Labute approximate surface area is 158 Å². The smallest absolute Gasteiger partial charge is 0.337 e. The zero-order valence-corrected chi connectivity index (χ0v) is 16.6. The van der Waals surface area contributed by atoms with Crippen molar-refractivity contribution < 1.29 is 9.53 Å². The SMILES string of the molecule is CCCCCCCCCCCCc1ccc2cc(C(=O)OC)ccc2c1. The minimum Gasteiger partial charge on any atom is -0.465 e. The summed E-state index contributed by atoms with van der Waals surface area (Å²) < 4.78 is 4.79. The molecule has 0 N–H and O–H groups in total. The molecule has 2 nitrogen and oxygen atoms in total. The van der Waals surface area contributed by atoms with Crippen molar-refractivity contribution in [3.8, 4) is 0 Å². The Morgan fingerprint density at radius 2 is 1.35 bits per heavy atom. The predicted octanol–water partition coefficient (Wildman–Crippen LogP) is 7.09. The first-order valence-corrected chi connectivity index (χ1v) is 10.4. The normalized spacial score (nSPS) is 11.0. The summed E-state index contributed by atoms with van der Waals surface area (Å²) in [7, 11) is 1.42. The van der Waals surface area contributed by atoms with Crippen LogP contribution < -0.4 is 0 Å². The molecule has 0 amide bonds. The summed E-state index contributed by atoms with van der Waals surface area (Å²) in [4.78, 5) is 11.6. The first-order valence-electron chi connectivity index (χ1n) is 10.4. The molecule has 0 saturated heterocycles. The van der Waals surface area contributed by atoms with Crippen LogP contribution in [0.1, 0.15) is 87.1 Å². The molecular formula is C24H34O2. The van der Waals surface area contributed by atoms with E-state index in [-0.39, 0.29) is 5.97 Å². The molecule has 0 unspecified atom stereocenters. The van der Waals surface area contributed by atoms with Crippen molar-refractivity contribution in [3.63, 3.8) is 0 Å². The van der Waals surface area contributed by atoms with Gasteiger partial charge in [-0.3, -0.25) is 0 Å². The van der Waals surface area contributed by atoms with Crippen LogP contribution in [0.25, 0.3) is 10.8 Å². The van der Waals surface area contributed by atoms with Crippen molar-refractivity contribution in [2.75, 3.05) is 7.11 Å². The molecule has 0 radical (unpaired) electrons. The van der Waals surface area contributed by atoms with Crippen molar-refractivity contribution in [1.29, 1.82) is 0 Å². The van der Waals surface area contributed by atoms with Crippen molar-refractivity contribution in [2.24, 2.45) is 0 Å². The van der Waals surface area contributed by atoms with Gasteiger partial charge in [-0.05, 0) is 41.3 Å².